The van der Waals surface area contributed by atoms with Crippen molar-refractivity contribution in [3.8, 4) is 22.4 Å². The molecule has 1 aliphatic carbocycles. The number of rotatable bonds is 5. The molecule has 0 amide bonds. The SMILES string of the molecule is CCN1CCC(n2cc(-c3c[nH]c4ncc(-c5ccc(N6CCOC7(CC7)C6)cc5)nc34)cn2)CC1. The van der Waals surface area contributed by atoms with Gasteiger partial charge in [0.2, 0.25) is 0 Å². The summed E-state index contributed by atoms with van der Waals surface area (Å²) in [7, 11) is 0. The predicted octanol–water partition coefficient (Wildman–Crippen LogP) is 4.51. The maximum atomic E-state index is 5.98. The number of hydrogen-bond donors (Lipinski definition) is 1. The van der Waals surface area contributed by atoms with E-state index in [1.54, 1.807) is 0 Å². The molecule has 36 heavy (non-hydrogen) atoms. The van der Waals surface area contributed by atoms with E-state index in [4.69, 9.17) is 14.8 Å². The van der Waals surface area contributed by atoms with Crippen LogP contribution in [0.15, 0.2) is 49.1 Å². The Kier molecular flexibility index (Phi) is 5.32. The number of nitrogens with one attached hydrogen (secondary N) is 1. The van der Waals surface area contributed by atoms with Crippen molar-refractivity contribution < 1.29 is 4.74 Å². The van der Waals surface area contributed by atoms with E-state index in [-0.39, 0.29) is 5.60 Å². The van der Waals surface area contributed by atoms with Crippen molar-refractivity contribution in [3.63, 3.8) is 0 Å². The summed E-state index contributed by atoms with van der Waals surface area (Å²) in [6, 6.07) is 9.19. The number of aromatic amines is 1. The van der Waals surface area contributed by atoms with Gasteiger partial charge in [-0.2, -0.15) is 5.10 Å². The van der Waals surface area contributed by atoms with Crippen molar-refractivity contribution >= 4 is 16.9 Å². The van der Waals surface area contributed by atoms with Crippen LogP contribution in [-0.4, -0.2) is 74.6 Å². The smallest absolute Gasteiger partial charge is 0.156 e. The van der Waals surface area contributed by atoms with E-state index in [1.807, 2.05) is 18.6 Å². The highest BCUT2D eigenvalue weighted by molar-refractivity contribution is 5.91. The number of piperidine rings is 1. The molecule has 7 rings (SSSR count). The summed E-state index contributed by atoms with van der Waals surface area (Å²) >= 11 is 0. The van der Waals surface area contributed by atoms with Crippen molar-refractivity contribution in [1.82, 2.24) is 29.6 Å². The highest BCUT2D eigenvalue weighted by Gasteiger charge is 2.47. The molecule has 1 N–H and O–H groups in total. The molecular formula is C28H33N7O. The average Bonchev–Trinajstić information content (AvgIpc) is 3.31. The molecule has 1 aromatic carbocycles. The van der Waals surface area contributed by atoms with E-state index in [1.165, 1.54) is 18.5 Å². The lowest BCUT2D eigenvalue weighted by Gasteiger charge is -2.35. The van der Waals surface area contributed by atoms with E-state index >= 15 is 0 Å². The minimum atomic E-state index is 0.124. The number of nitrogens with zero attached hydrogens (tertiary/aromatic N) is 6. The second kappa shape index (κ2) is 8.71. The standard InChI is InChI=1S/C28H33N7O/c1-2-33-11-7-23(8-12-33)35-18-21(15-31-35)24-16-29-27-26(24)32-25(17-30-27)20-3-5-22(6-4-20)34-13-14-36-28(19-34)9-10-28/h3-6,15-18,23H,2,7-14,19H2,1H3,(H,29,30). The van der Waals surface area contributed by atoms with Gasteiger partial charge in [0, 0.05) is 61.0 Å². The number of benzene rings is 1. The van der Waals surface area contributed by atoms with Crippen LogP contribution in [0.3, 0.4) is 0 Å². The zero-order chi connectivity index (χ0) is 24.1. The first-order valence-corrected chi connectivity index (χ1v) is 13.3. The summed E-state index contributed by atoms with van der Waals surface area (Å²) in [5, 5.41) is 4.73. The fraction of sp³-hybridized carbons (Fsp3) is 0.464. The lowest BCUT2D eigenvalue weighted by Crippen LogP contribution is -2.43. The zero-order valence-corrected chi connectivity index (χ0v) is 20.9. The highest BCUT2D eigenvalue weighted by atomic mass is 16.5. The van der Waals surface area contributed by atoms with Crippen LogP contribution in [0.2, 0.25) is 0 Å². The van der Waals surface area contributed by atoms with Crippen molar-refractivity contribution in [2.75, 3.05) is 44.2 Å². The molecule has 0 unspecified atom stereocenters. The molecule has 5 heterocycles. The van der Waals surface area contributed by atoms with E-state index in [2.05, 4.69) is 61.8 Å². The normalized spacial score (nSPS) is 20.4. The van der Waals surface area contributed by atoms with E-state index in [0.29, 0.717) is 6.04 Å². The monoisotopic (exact) mass is 483 g/mol. The van der Waals surface area contributed by atoms with Crippen LogP contribution < -0.4 is 4.90 Å². The second-order valence-electron chi connectivity index (χ2n) is 10.5. The summed E-state index contributed by atoms with van der Waals surface area (Å²) in [5.74, 6) is 0. The van der Waals surface area contributed by atoms with E-state index in [9.17, 15) is 0 Å². The zero-order valence-electron chi connectivity index (χ0n) is 20.9. The van der Waals surface area contributed by atoms with Crippen LogP contribution in [0, 0.1) is 0 Å². The topological polar surface area (TPSA) is 75.1 Å². The number of aromatic nitrogens is 5. The number of likely N-dealkylation sites (tertiary alicyclic amines) is 1. The second-order valence-corrected chi connectivity index (χ2v) is 10.5. The van der Waals surface area contributed by atoms with Crippen molar-refractivity contribution in [2.45, 2.75) is 44.2 Å². The van der Waals surface area contributed by atoms with Crippen LogP contribution in [0.5, 0.6) is 0 Å². The predicted molar refractivity (Wildman–Crippen MR) is 141 cm³/mol. The molecule has 0 atom stereocenters. The first kappa shape index (κ1) is 22.0. The Morgan fingerprint density at radius 2 is 1.89 bits per heavy atom. The first-order chi connectivity index (χ1) is 17.7. The molecule has 3 aliphatic rings. The van der Waals surface area contributed by atoms with Crippen molar-refractivity contribution in [1.29, 1.82) is 0 Å². The molecule has 2 saturated heterocycles. The number of fused-ring (bicyclic) bond motifs is 1. The molecule has 1 saturated carbocycles. The summed E-state index contributed by atoms with van der Waals surface area (Å²) in [5.41, 5.74) is 7.17. The third-order valence-corrected chi connectivity index (χ3v) is 8.26. The van der Waals surface area contributed by atoms with Crippen molar-refractivity contribution in [3.05, 3.63) is 49.1 Å². The van der Waals surface area contributed by atoms with Gasteiger partial charge in [-0.1, -0.05) is 19.1 Å². The van der Waals surface area contributed by atoms with Gasteiger partial charge < -0.3 is 19.5 Å². The van der Waals surface area contributed by atoms with Gasteiger partial charge in [-0.25, -0.2) is 9.97 Å². The third-order valence-electron chi connectivity index (χ3n) is 8.26. The van der Waals surface area contributed by atoms with Gasteiger partial charge in [-0.3, -0.25) is 4.68 Å². The fourth-order valence-corrected chi connectivity index (χ4v) is 5.78. The molecule has 4 aromatic rings. The minimum Gasteiger partial charge on any atom is -0.371 e. The number of hydrogen-bond acceptors (Lipinski definition) is 6. The fourth-order valence-electron chi connectivity index (χ4n) is 5.78. The van der Waals surface area contributed by atoms with Gasteiger partial charge in [-0.15, -0.1) is 0 Å². The molecule has 1 spiro atoms. The average molecular weight is 484 g/mol. The maximum Gasteiger partial charge on any atom is 0.156 e. The molecule has 8 heteroatoms. The van der Waals surface area contributed by atoms with Crippen LogP contribution >= 0.6 is 0 Å². The molecular weight excluding hydrogens is 450 g/mol. The summed E-state index contributed by atoms with van der Waals surface area (Å²) in [4.78, 5) is 18.0. The molecule has 186 valence electrons. The number of morpholine rings is 1. The summed E-state index contributed by atoms with van der Waals surface area (Å²) in [6.45, 7) is 8.41. The first-order valence-electron chi connectivity index (χ1n) is 13.3. The summed E-state index contributed by atoms with van der Waals surface area (Å²) < 4.78 is 8.12. The van der Waals surface area contributed by atoms with Gasteiger partial charge in [-0.05, 0) is 44.4 Å². The Hall–Kier alpha value is -3.23. The van der Waals surface area contributed by atoms with Gasteiger partial charge >= 0.3 is 0 Å². The lowest BCUT2D eigenvalue weighted by atomic mass is 10.1. The van der Waals surface area contributed by atoms with Gasteiger partial charge in [0.1, 0.15) is 5.52 Å². The van der Waals surface area contributed by atoms with Crippen LogP contribution in [-0.2, 0) is 4.74 Å². The molecule has 0 bridgehead atoms. The van der Waals surface area contributed by atoms with Crippen molar-refractivity contribution in [2.24, 2.45) is 0 Å². The quantitative estimate of drug-likeness (QED) is 0.450. The van der Waals surface area contributed by atoms with Gasteiger partial charge in [0.05, 0.1) is 36.3 Å². The van der Waals surface area contributed by atoms with Gasteiger partial charge in [0.15, 0.2) is 5.65 Å². The Morgan fingerprint density at radius 1 is 1.06 bits per heavy atom. The van der Waals surface area contributed by atoms with Crippen LogP contribution in [0.4, 0.5) is 5.69 Å². The lowest BCUT2D eigenvalue weighted by molar-refractivity contribution is 0.0206. The number of ether oxygens (including phenoxy) is 1. The third kappa shape index (κ3) is 3.98. The maximum absolute atomic E-state index is 5.98. The molecule has 3 aromatic heterocycles. The van der Waals surface area contributed by atoms with Crippen LogP contribution in [0.25, 0.3) is 33.5 Å². The molecule has 0 radical (unpaired) electrons. The molecule has 2 aliphatic heterocycles. The minimum absolute atomic E-state index is 0.124. The highest BCUT2D eigenvalue weighted by Crippen LogP contribution is 2.43. The molecule has 3 fully saturated rings. The molecule has 8 nitrogen and oxygen atoms in total. The van der Waals surface area contributed by atoms with E-state index < -0.39 is 0 Å². The van der Waals surface area contributed by atoms with E-state index in [0.717, 1.165) is 85.7 Å². The van der Waals surface area contributed by atoms with Gasteiger partial charge in [0.25, 0.3) is 0 Å². The van der Waals surface area contributed by atoms with Crippen LogP contribution in [0.1, 0.15) is 38.6 Å². The summed E-state index contributed by atoms with van der Waals surface area (Å²) in [6.07, 6.45) is 12.7. The Morgan fingerprint density at radius 3 is 2.67 bits per heavy atom. The largest absolute Gasteiger partial charge is 0.371 e. The Balaban J connectivity index is 1.13. The Labute approximate surface area is 211 Å². The Bertz CT molecular complexity index is 1360. The number of H-pyrrole nitrogens is 1. The number of anilines is 1.